The Kier molecular flexibility index (Phi) is 7.64. The van der Waals surface area contributed by atoms with Crippen molar-refractivity contribution in [2.24, 2.45) is 11.8 Å². The van der Waals surface area contributed by atoms with E-state index in [1.165, 1.54) is 44.1 Å². The normalized spacial score (nSPS) is 18.3. The first-order chi connectivity index (χ1) is 15.7. The van der Waals surface area contributed by atoms with E-state index < -0.39 is 0 Å². The summed E-state index contributed by atoms with van der Waals surface area (Å²) in [7, 11) is 0. The van der Waals surface area contributed by atoms with E-state index in [1.54, 1.807) is 0 Å². The van der Waals surface area contributed by atoms with Crippen LogP contribution in [0, 0.1) is 29.5 Å². The molecule has 1 aliphatic rings. The molecule has 166 valence electrons. The van der Waals surface area contributed by atoms with Crippen molar-refractivity contribution < 1.29 is 4.39 Å². The minimum atomic E-state index is -0.0446. The van der Waals surface area contributed by atoms with Crippen molar-refractivity contribution in [3.63, 3.8) is 0 Å². The van der Waals surface area contributed by atoms with Gasteiger partial charge in [0.05, 0.1) is 0 Å². The van der Waals surface area contributed by atoms with Gasteiger partial charge in [-0.2, -0.15) is 0 Å². The molecule has 0 amide bonds. The fourth-order valence-electron chi connectivity index (χ4n) is 5.15. The quantitative estimate of drug-likeness (QED) is 0.347. The molecule has 0 N–H and O–H groups in total. The Morgan fingerprint density at radius 2 is 1.44 bits per heavy atom. The van der Waals surface area contributed by atoms with Crippen molar-refractivity contribution in [2.45, 2.75) is 71.6 Å². The van der Waals surface area contributed by atoms with Gasteiger partial charge in [-0.05, 0) is 71.9 Å². The van der Waals surface area contributed by atoms with Crippen molar-refractivity contribution in [3.05, 3.63) is 82.7 Å². The average molecular weight is 427 g/mol. The largest absolute Gasteiger partial charge is 0.206 e. The van der Waals surface area contributed by atoms with Gasteiger partial charge in [-0.3, -0.25) is 0 Å². The van der Waals surface area contributed by atoms with E-state index in [2.05, 4.69) is 56.0 Å². The van der Waals surface area contributed by atoms with Crippen LogP contribution in [-0.2, 0) is 12.8 Å². The summed E-state index contributed by atoms with van der Waals surface area (Å²) in [6.45, 7) is 4.44. The summed E-state index contributed by atoms with van der Waals surface area (Å²) in [6, 6.07) is 18.3. The zero-order chi connectivity index (χ0) is 22.3. The molecule has 0 spiro atoms. The van der Waals surface area contributed by atoms with E-state index in [4.69, 9.17) is 0 Å². The van der Waals surface area contributed by atoms with Crippen LogP contribution in [0.2, 0.25) is 0 Å². The molecule has 0 saturated heterocycles. The summed E-state index contributed by atoms with van der Waals surface area (Å²) in [5.41, 5.74) is 4.11. The van der Waals surface area contributed by atoms with Gasteiger partial charge in [-0.15, -0.1) is 0 Å². The monoisotopic (exact) mass is 426 g/mol. The van der Waals surface area contributed by atoms with Crippen LogP contribution < -0.4 is 0 Å². The van der Waals surface area contributed by atoms with Gasteiger partial charge in [-0.1, -0.05) is 94.5 Å². The van der Waals surface area contributed by atoms with Crippen molar-refractivity contribution >= 4 is 10.8 Å². The lowest BCUT2D eigenvalue weighted by atomic mass is 9.78. The Hall–Kier alpha value is -2.59. The Labute approximate surface area is 193 Å². The molecule has 3 aromatic rings. The molecule has 0 atom stereocenters. The number of aryl methyl sites for hydroxylation is 2. The number of hydrogen-bond acceptors (Lipinski definition) is 0. The Morgan fingerprint density at radius 3 is 2.12 bits per heavy atom. The minimum Gasteiger partial charge on any atom is -0.206 e. The van der Waals surface area contributed by atoms with Crippen LogP contribution in [0.5, 0.6) is 0 Å². The molecule has 1 heteroatoms. The molecule has 32 heavy (non-hydrogen) atoms. The minimum absolute atomic E-state index is 0.0446. The topological polar surface area (TPSA) is 0 Å². The van der Waals surface area contributed by atoms with Gasteiger partial charge in [-0.25, -0.2) is 4.39 Å². The maximum Gasteiger partial charge on any atom is 0.134 e. The Morgan fingerprint density at radius 1 is 0.781 bits per heavy atom. The lowest BCUT2D eigenvalue weighted by Gasteiger charge is -2.28. The van der Waals surface area contributed by atoms with Gasteiger partial charge >= 0.3 is 0 Å². The summed E-state index contributed by atoms with van der Waals surface area (Å²) < 4.78 is 15.2. The van der Waals surface area contributed by atoms with E-state index in [-0.39, 0.29) is 5.82 Å². The van der Waals surface area contributed by atoms with Crippen LogP contribution in [-0.4, -0.2) is 0 Å². The molecule has 1 aliphatic carbocycles. The van der Waals surface area contributed by atoms with Gasteiger partial charge in [0.25, 0.3) is 0 Å². The van der Waals surface area contributed by atoms with Gasteiger partial charge in [0.1, 0.15) is 5.82 Å². The molecular weight excluding hydrogens is 391 g/mol. The summed E-state index contributed by atoms with van der Waals surface area (Å²) in [6.07, 6.45) is 11.1. The third-order valence-corrected chi connectivity index (χ3v) is 7.23. The molecule has 3 aromatic carbocycles. The van der Waals surface area contributed by atoms with Crippen LogP contribution in [0.3, 0.4) is 0 Å². The summed E-state index contributed by atoms with van der Waals surface area (Å²) >= 11 is 0. The number of rotatable bonds is 6. The fourth-order valence-corrected chi connectivity index (χ4v) is 5.15. The number of hydrogen-bond donors (Lipinski definition) is 0. The second-order valence-electron chi connectivity index (χ2n) is 9.49. The second-order valence-corrected chi connectivity index (χ2v) is 9.49. The lowest BCUT2D eigenvalue weighted by Crippen LogP contribution is -2.15. The van der Waals surface area contributed by atoms with E-state index in [1.807, 2.05) is 24.3 Å². The first kappa shape index (κ1) is 22.6. The molecule has 1 saturated carbocycles. The number of fused-ring (bicyclic) bond motifs is 1. The van der Waals surface area contributed by atoms with E-state index in [0.29, 0.717) is 5.39 Å². The standard InChI is InChI=1S/C31H35F/c1-3-5-24-10-12-26(13-11-24)16-18-28-19-20-29-22-27(17-21-30(29)31(28)32)15-14-25-8-6-23(4-2)7-9-25/h6-9,17,19-22,24,26H,3-5,10-13,16,18H2,1-2H3. The number of benzene rings is 3. The van der Waals surface area contributed by atoms with Crippen molar-refractivity contribution in [1.29, 1.82) is 0 Å². The highest BCUT2D eigenvalue weighted by atomic mass is 19.1. The highest BCUT2D eigenvalue weighted by molar-refractivity contribution is 5.85. The molecule has 0 bridgehead atoms. The molecule has 0 radical (unpaired) electrons. The zero-order valence-electron chi connectivity index (χ0n) is 19.6. The fraction of sp³-hybridized carbons (Fsp3) is 0.419. The molecule has 0 aliphatic heterocycles. The Balaban J connectivity index is 1.41. The first-order valence-corrected chi connectivity index (χ1v) is 12.5. The van der Waals surface area contributed by atoms with Gasteiger partial charge in [0, 0.05) is 16.5 Å². The summed E-state index contributed by atoms with van der Waals surface area (Å²) in [5, 5.41) is 1.64. The molecule has 0 aromatic heterocycles. The number of halogens is 1. The summed E-state index contributed by atoms with van der Waals surface area (Å²) in [4.78, 5) is 0. The van der Waals surface area contributed by atoms with Crippen LogP contribution in [0.25, 0.3) is 10.8 Å². The predicted molar refractivity (Wildman–Crippen MR) is 134 cm³/mol. The van der Waals surface area contributed by atoms with E-state index in [9.17, 15) is 0 Å². The lowest BCUT2D eigenvalue weighted by molar-refractivity contribution is 0.252. The average Bonchev–Trinajstić information content (AvgIpc) is 2.84. The van der Waals surface area contributed by atoms with Crippen molar-refractivity contribution in [3.8, 4) is 11.8 Å². The molecule has 0 unspecified atom stereocenters. The molecular formula is C31H35F. The molecule has 4 rings (SSSR count). The van der Waals surface area contributed by atoms with Gasteiger partial charge < -0.3 is 0 Å². The highest BCUT2D eigenvalue weighted by Gasteiger charge is 2.21. The second kappa shape index (κ2) is 10.8. The first-order valence-electron chi connectivity index (χ1n) is 12.5. The van der Waals surface area contributed by atoms with Crippen LogP contribution >= 0.6 is 0 Å². The van der Waals surface area contributed by atoms with E-state index >= 15 is 4.39 Å². The third kappa shape index (κ3) is 5.60. The third-order valence-electron chi connectivity index (χ3n) is 7.23. The maximum atomic E-state index is 15.2. The summed E-state index contributed by atoms with van der Waals surface area (Å²) in [5.74, 6) is 8.11. The molecule has 0 nitrogen and oxygen atoms in total. The van der Waals surface area contributed by atoms with Crippen LogP contribution in [0.1, 0.15) is 81.0 Å². The van der Waals surface area contributed by atoms with Gasteiger partial charge in [0.2, 0.25) is 0 Å². The smallest absolute Gasteiger partial charge is 0.134 e. The van der Waals surface area contributed by atoms with Gasteiger partial charge in [0.15, 0.2) is 0 Å². The van der Waals surface area contributed by atoms with E-state index in [0.717, 1.165) is 53.2 Å². The Bertz CT molecular complexity index is 1090. The zero-order valence-corrected chi connectivity index (χ0v) is 19.6. The predicted octanol–water partition coefficient (Wildman–Crippen LogP) is 8.48. The maximum absolute atomic E-state index is 15.2. The van der Waals surface area contributed by atoms with Crippen LogP contribution in [0.4, 0.5) is 4.39 Å². The van der Waals surface area contributed by atoms with Crippen molar-refractivity contribution in [1.82, 2.24) is 0 Å². The van der Waals surface area contributed by atoms with Crippen molar-refractivity contribution in [2.75, 3.05) is 0 Å². The molecule has 1 fully saturated rings. The highest BCUT2D eigenvalue weighted by Crippen LogP contribution is 2.34. The molecule has 0 heterocycles. The SMILES string of the molecule is CCCC1CCC(CCc2ccc3cc(C#Cc4ccc(CC)cc4)ccc3c2F)CC1. The van der Waals surface area contributed by atoms with Crippen LogP contribution in [0.15, 0.2) is 54.6 Å².